The highest BCUT2D eigenvalue weighted by atomic mass is 16.6. The quantitative estimate of drug-likeness (QED) is 0.743. The maximum Gasteiger partial charge on any atom is 0.418 e. The molecule has 0 radical (unpaired) electrons. The van der Waals surface area contributed by atoms with Crippen molar-refractivity contribution >= 4 is 29.7 Å². The first kappa shape index (κ1) is 16.4. The van der Waals surface area contributed by atoms with E-state index < -0.39 is 30.1 Å². The lowest BCUT2D eigenvalue weighted by molar-refractivity contribution is -0.144. The molecule has 1 atom stereocenters. The highest BCUT2D eigenvalue weighted by molar-refractivity contribution is 6.06. The lowest BCUT2D eigenvalue weighted by Crippen LogP contribution is -2.40. The number of carboxylic acids is 1. The van der Waals surface area contributed by atoms with Crippen molar-refractivity contribution < 1.29 is 29.0 Å². The zero-order valence-electron chi connectivity index (χ0n) is 14.0. The van der Waals surface area contributed by atoms with Crippen molar-refractivity contribution in [3.8, 4) is 0 Å². The molecule has 2 fully saturated rings. The Morgan fingerprint density at radius 2 is 2.00 bits per heavy atom. The number of fused-ring (bicyclic) bond motifs is 3. The van der Waals surface area contributed by atoms with E-state index in [0.717, 1.165) is 18.4 Å². The Bertz CT molecular complexity index is 862. The summed E-state index contributed by atoms with van der Waals surface area (Å²) in [7, 11) is 1.51. The maximum atomic E-state index is 12.9. The van der Waals surface area contributed by atoms with Gasteiger partial charge in [-0.05, 0) is 30.5 Å². The van der Waals surface area contributed by atoms with Crippen molar-refractivity contribution in [2.45, 2.75) is 30.3 Å². The third-order valence-electron chi connectivity index (χ3n) is 5.32. The fourth-order valence-electron chi connectivity index (χ4n) is 3.97. The molecule has 9 nitrogen and oxygen atoms in total. The van der Waals surface area contributed by atoms with Gasteiger partial charge in [0.1, 0.15) is 6.54 Å². The van der Waals surface area contributed by atoms with Gasteiger partial charge in [-0.1, -0.05) is 6.07 Å². The Balaban J connectivity index is 1.74. The number of rotatable bonds is 3. The van der Waals surface area contributed by atoms with Crippen molar-refractivity contribution in [1.82, 2.24) is 10.2 Å². The van der Waals surface area contributed by atoms with E-state index in [2.05, 4.69) is 10.6 Å². The number of nitrogens with one attached hydrogen (secondary N) is 2. The predicted octanol–water partition coefficient (Wildman–Crippen LogP) is 1.13. The summed E-state index contributed by atoms with van der Waals surface area (Å²) >= 11 is 0. The van der Waals surface area contributed by atoms with E-state index >= 15 is 0 Å². The molecule has 2 spiro atoms. The Labute approximate surface area is 148 Å². The Kier molecular flexibility index (Phi) is 3.27. The largest absolute Gasteiger partial charge is 0.480 e. The van der Waals surface area contributed by atoms with Crippen LogP contribution in [-0.4, -0.2) is 47.6 Å². The summed E-state index contributed by atoms with van der Waals surface area (Å²) in [5.74, 6) is -1.92. The van der Waals surface area contributed by atoms with E-state index in [1.54, 1.807) is 18.2 Å². The van der Waals surface area contributed by atoms with E-state index in [1.807, 2.05) is 0 Å². The van der Waals surface area contributed by atoms with E-state index in [-0.39, 0.29) is 11.4 Å². The summed E-state index contributed by atoms with van der Waals surface area (Å²) < 4.78 is 5.45. The number of aliphatic carboxylic acids is 1. The number of urea groups is 1. The minimum atomic E-state index is -1.47. The molecule has 26 heavy (non-hydrogen) atoms. The molecular formula is C17H17N3O6. The number of hydrogen-bond acceptors (Lipinski definition) is 5. The van der Waals surface area contributed by atoms with E-state index in [0.29, 0.717) is 22.6 Å². The summed E-state index contributed by atoms with van der Waals surface area (Å²) in [6.45, 7) is -0.724. The fraction of sp³-hybridized carbons (Fsp3) is 0.412. The molecule has 4 rings (SSSR count). The summed E-state index contributed by atoms with van der Waals surface area (Å²) in [5.41, 5.74) is 0.272. The third-order valence-corrected chi connectivity index (χ3v) is 5.32. The van der Waals surface area contributed by atoms with Crippen molar-refractivity contribution in [2.24, 2.45) is 0 Å². The van der Waals surface area contributed by atoms with Crippen LogP contribution in [0.1, 0.15) is 30.4 Å². The van der Waals surface area contributed by atoms with Crippen molar-refractivity contribution in [1.29, 1.82) is 0 Å². The third kappa shape index (κ3) is 2.16. The van der Waals surface area contributed by atoms with Crippen LogP contribution < -0.4 is 10.6 Å². The minimum absolute atomic E-state index is 0.273. The van der Waals surface area contributed by atoms with Gasteiger partial charge >= 0.3 is 18.1 Å². The molecule has 1 aromatic rings. The van der Waals surface area contributed by atoms with Crippen LogP contribution in [0.5, 0.6) is 0 Å². The Hall–Kier alpha value is -3.10. The molecule has 2 aliphatic carbocycles. The van der Waals surface area contributed by atoms with Crippen LogP contribution in [-0.2, 0) is 25.3 Å². The molecule has 1 saturated carbocycles. The second-order valence-corrected chi connectivity index (χ2v) is 6.90. The minimum Gasteiger partial charge on any atom is -0.480 e. The van der Waals surface area contributed by atoms with Crippen LogP contribution in [0.15, 0.2) is 18.2 Å². The van der Waals surface area contributed by atoms with Gasteiger partial charge in [-0.15, -0.1) is 0 Å². The fourth-order valence-corrected chi connectivity index (χ4v) is 3.97. The Morgan fingerprint density at radius 1 is 1.27 bits per heavy atom. The van der Waals surface area contributed by atoms with Crippen LogP contribution in [0.25, 0.3) is 0 Å². The van der Waals surface area contributed by atoms with E-state index in [4.69, 9.17) is 9.84 Å². The predicted molar refractivity (Wildman–Crippen MR) is 87.6 cm³/mol. The highest BCUT2D eigenvalue weighted by Crippen LogP contribution is 2.64. The number of benzene rings is 1. The molecular weight excluding hydrogens is 342 g/mol. The van der Waals surface area contributed by atoms with Gasteiger partial charge in [-0.25, -0.2) is 14.5 Å². The smallest absolute Gasteiger partial charge is 0.418 e. The number of carboxylic acid groups (broad SMARTS) is 1. The highest BCUT2D eigenvalue weighted by Gasteiger charge is 2.67. The number of carbonyl (C=O) groups excluding carboxylic acids is 3. The van der Waals surface area contributed by atoms with Crippen LogP contribution >= 0.6 is 0 Å². The molecule has 0 aromatic heterocycles. The second kappa shape index (κ2) is 5.20. The van der Waals surface area contributed by atoms with Gasteiger partial charge in [0, 0.05) is 30.1 Å². The molecule has 0 bridgehead atoms. The monoisotopic (exact) mass is 359 g/mol. The molecule has 1 heterocycles. The SMILES string of the molecule is CNC(=O)Nc1ccc2c(c1)C1(CC1)C[C@@]21OC(=O)N(CC(=O)O)C1=O. The lowest BCUT2D eigenvalue weighted by Gasteiger charge is -2.20. The zero-order valence-corrected chi connectivity index (χ0v) is 14.0. The van der Waals surface area contributed by atoms with Gasteiger partial charge in [-0.2, -0.15) is 0 Å². The van der Waals surface area contributed by atoms with Crippen LogP contribution in [0, 0.1) is 0 Å². The molecule has 0 unspecified atom stereocenters. The zero-order chi connectivity index (χ0) is 18.7. The average molecular weight is 359 g/mol. The van der Waals surface area contributed by atoms with E-state index in [1.165, 1.54) is 7.05 Å². The van der Waals surface area contributed by atoms with Gasteiger partial charge in [0.25, 0.3) is 5.91 Å². The molecule has 1 aliphatic heterocycles. The number of carbonyl (C=O) groups is 4. The molecule has 1 aromatic carbocycles. The number of hydrogen-bond donors (Lipinski definition) is 3. The number of nitrogens with zero attached hydrogens (tertiary/aromatic N) is 1. The van der Waals surface area contributed by atoms with E-state index in [9.17, 15) is 19.2 Å². The summed E-state index contributed by atoms with van der Waals surface area (Å²) in [4.78, 5) is 48.2. The maximum absolute atomic E-state index is 12.9. The van der Waals surface area contributed by atoms with Crippen molar-refractivity contribution in [2.75, 3.05) is 18.9 Å². The topological polar surface area (TPSA) is 125 Å². The summed E-state index contributed by atoms with van der Waals surface area (Å²) in [5, 5.41) is 14.1. The van der Waals surface area contributed by atoms with Gasteiger partial charge in [0.15, 0.2) is 0 Å². The van der Waals surface area contributed by atoms with Crippen molar-refractivity contribution in [3.05, 3.63) is 29.3 Å². The lowest BCUT2D eigenvalue weighted by atomic mass is 9.94. The van der Waals surface area contributed by atoms with Crippen molar-refractivity contribution in [3.63, 3.8) is 0 Å². The van der Waals surface area contributed by atoms with Gasteiger partial charge in [0.2, 0.25) is 5.60 Å². The first-order valence-corrected chi connectivity index (χ1v) is 8.22. The molecule has 1 saturated heterocycles. The second-order valence-electron chi connectivity index (χ2n) is 6.90. The normalized spacial score (nSPS) is 24.6. The number of anilines is 1. The first-order valence-electron chi connectivity index (χ1n) is 8.22. The number of ether oxygens (including phenoxy) is 1. The van der Waals surface area contributed by atoms with Gasteiger partial charge in [-0.3, -0.25) is 9.59 Å². The van der Waals surface area contributed by atoms with Gasteiger partial charge < -0.3 is 20.5 Å². The average Bonchev–Trinajstić information content (AvgIpc) is 3.27. The van der Waals surface area contributed by atoms with Crippen LogP contribution in [0.3, 0.4) is 0 Å². The molecule has 9 heteroatoms. The molecule has 3 N–H and O–H groups in total. The number of amides is 4. The Morgan fingerprint density at radius 3 is 2.62 bits per heavy atom. The summed E-state index contributed by atoms with van der Waals surface area (Å²) in [6.07, 6.45) is 1.05. The molecule has 4 amide bonds. The van der Waals surface area contributed by atoms with Crippen LogP contribution in [0.4, 0.5) is 15.3 Å². The van der Waals surface area contributed by atoms with Gasteiger partial charge in [0.05, 0.1) is 0 Å². The molecule has 136 valence electrons. The molecule has 3 aliphatic rings. The number of imide groups is 1. The first-order chi connectivity index (χ1) is 12.3. The van der Waals surface area contributed by atoms with Crippen LogP contribution in [0.2, 0.25) is 0 Å². The summed E-state index contributed by atoms with van der Waals surface area (Å²) in [6, 6.07) is 4.74. The standard InChI is InChI=1S/C17H17N3O6/c1-18-14(24)19-9-2-3-10-11(6-9)16(4-5-16)8-17(10)13(23)20(7-12(21)22)15(25)26-17/h2-3,6H,4-5,7-8H2,1H3,(H,21,22)(H2,18,19,24)/t17-/m1/s1.